The standard InChI is InChI=1S/C12H18N2OS2/c1-14-4-2-9(3-5-14)7-13-12(15)11-6-10(16)8-17-11/h6,8-9,16H,2-5,7H2,1H3,(H,13,15). The zero-order chi connectivity index (χ0) is 12.3. The van der Waals surface area contributed by atoms with Gasteiger partial charge in [0.15, 0.2) is 0 Å². The van der Waals surface area contributed by atoms with Crippen LogP contribution in [-0.4, -0.2) is 37.5 Å². The van der Waals surface area contributed by atoms with E-state index in [1.54, 1.807) is 0 Å². The predicted molar refractivity (Wildman–Crippen MR) is 74.1 cm³/mol. The Balaban J connectivity index is 1.76. The van der Waals surface area contributed by atoms with Crippen LogP contribution in [0.25, 0.3) is 0 Å². The van der Waals surface area contributed by atoms with Crippen LogP contribution in [0.2, 0.25) is 0 Å². The summed E-state index contributed by atoms with van der Waals surface area (Å²) < 4.78 is 0. The van der Waals surface area contributed by atoms with Gasteiger partial charge in [-0.25, -0.2) is 0 Å². The van der Waals surface area contributed by atoms with Crippen LogP contribution in [0.5, 0.6) is 0 Å². The van der Waals surface area contributed by atoms with Crippen LogP contribution in [0.4, 0.5) is 0 Å². The minimum atomic E-state index is 0.0363. The first-order valence-electron chi connectivity index (χ1n) is 5.89. The third kappa shape index (κ3) is 3.72. The second-order valence-corrected chi connectivity index (χ2v) is 6.05. The molecule has 1 aromatic rings. The SMILES string of the molecule is CN1CCC(CNC(=O)c2cc(S)cs2)CC1. The van der Waals surface area contributed by atoms with Gasteiger partial charge in [-0.15, -0.1) is 24.0 Å². The monoisotopic (exact) mass is 270 g/mol. The number of likely N-dealkylation sites (tertiary alicyclic amines) is 1. The van der Waals surface area contributed by atoms with Crippen LogP contribution in [0, 0.1) is 5.92 Å². The summed E-state index contributed by atoms with van der Waals surface area (Å²) in [5, 5.41) is 4.90. The first-order valence-corrected chi connectivity index (χ1v) is 7.22. The Morgan fingerprint density at radius 1 is 1.59 bits per heavy atom. The quantitative estimate of drug-likeness (QED) is 0.825. The molecule has 2 heterocycles. The topological polar surface area (TPSA) is 32.3 Å². The van der Waals surface area contributed by atoms with Gasteiger partial charge in [0.25, 0.3) is 5.91 Å². The van der Waals surface area contributed by atoms with Crippen LogP contribution in [0.15, 0.2) is 16.3 Å². The fraction of sp³-hybridized carbons (Fsp3) is 0.583. The van der Waals surface area contributed by atoms with Crippen molar-refractivity contribution in [1.82, 2.24) is 10.2 Å². The predicted octanol–water partition coefficient (Wildman–Crippen LogP) is 2.11. The Morgan fingerprint density at radius 2 is 2.29 bits per heavy atom. The number of nitrogens with one attached hydrogen (secondary N) is 1. The Bertz CT molecular complexity index is 384. The third-order valence-electron chi connectivity index (χ3n) is 3.20. The van der Waals surface area contributed by atoms with E-state index in [-0.39, 0.29) is 5.91 Å². The lowest BCUT2D eigenvalue weighted by Crippen LogP contribution is -2.36. The Labute approximate surface area is 112 Å². The summed E-state index contributed by atoms with van der Waals surface area (Å²) in [7, 11) is 2.15. The Morgan fingerprint density at radius 3 is 2.88 bits per heavy atom. The molecule has 0 atom stereocenters. The molecule has 1 fully saturated rings. The molecule has 3 nitrogen and oxygen atoms in total. The van der Waals surface area contributed by atoms with Gasteiger partial charge in [-0.2, -0.15) is 0 Å². The molecule has 17 heavy (non-hydrogen) atoms. The molecule has 0 aromatic carbocycles. The van der Waals surface area contributed by atoms with Crippen molar-refractivity contribution in [3.05, 3.63) is 16.3 Å². The third-order valence-corrected chi connectivity index (χ3v) is 4.56. The molecule has 0 unspecified atom stereocenters. The molecule has 0 spiro atoms. The van der Waals surface area contributed by atoms with E-state index in [0.29, 0.717) is 5.92 Å². The summed E-state index contributed by atoms with van der Waals surface area (Å²) in [5.74, 6) is 0.666. The maximum atomic E-state index is 11.8. The number of piperidine rings is 1. The normalized spacial score (nSPS) is 18.2. The number of carbonyl (C=O) groups excluding carboxylic acids is 1. The molecule has 1 amide bonds. The van der Waals surface area contributed by atoms with Gasteiger partial charge in [-0.1, -0.05) is 0 Å². The summed E-state index contributed by atoms with van der Waals surface area (Å²) in [6.45, 7) is 3.08. The number of nitrogens with zero attached hydrogens (tertiary/aromatic N) is 1. The largest absolute Gasteiger partial charge is 0.351 e. The van der Waals surface area contributed by atoms with Gasteiger partial charge >= 0.3 is 0 Å². The van der Waals surface area contributed by atoms with Crippen LogP contribution in [-0.2, 0) is 0 Å². The number of amides is 1. The lowest BCUT2D eigenvalue weighted by Gasteiger charge is -2.28. The highest BCUT2D eigenvalue weighted by atomic mass is 32.1. The molecule has 0 bridgehead atoms. The van der Waals surface area contributed by atoms with E-state index in [4.69, 9.17) is 0 Å². The molecular formula is C12H18N2OS2. The molecule has 0 radical (unpaired) electrons. The number of hydrogen-bond donors (Lipinski definition) is 2. The zero-order valence-corrected chi connectivity index (χ0v) is 11.7. The number of rotatable bonds is 3. The lowest BCUT2D eigenvalue weighted by molar-refractivity contribution is 0.0943. The average molecular weight is 270 g/mol. The summed E-state index contributed by atoms with van der Waals surface area (Å²) in [6.07, 6.45) is 2.36. The summed E-state index contributed by atoms with van der Waals surface area (Å²) in [4.78, 5) is 15.8. The van der Waals surface area contributed by atoms with Gasteiger partial charge in [-0.05, 0) is 45.0 Å². The van der Waals surface area contributed by atoms with Crippen molar-refractivity contribution < 1.29 is 4.79 Å². The van der Waals surface area contributed by atoms with Gasteiger partial charge in [0.2, 0.25) is 0 Å². The van der Waals surface area contributed by atoms with Gasteiger partial charge in [0.1, 0.15) is 0 Å². The smallest absolute Gasteiger partial charge is 0.261 e. The Hall–Kier alpha value is -0.520. The fourth-order valence-electron chi connectivity index (χ4n) is 2.04. The molecule has 5 heteroatoms. The molecule has 0 saturated carbocycles. The molecular weight excluding hydrogens is 252 g/mol. The second kappa shape index (κ2) is 5.89. The van der Waals surface area contributed by atoms with E-state index in [9.17, 15) is 4.79 Å². The summed E-state index contributed by atoms with van der Waals surface area (Å²) in [6, 6.07) is 1.82. The van der Waals surface area contributed by atoms with E-state index in [2.05, 4.69) is 29.9 Å². The van der Waals surface area contributed by atoms with Gasteiger partial charge in [0.05, 0.1) is 4.88 Å². The van der Waals surface area contributed by atoms with Gasteiger partial charge in [-0.3, -0.25) is 4.79 Å². The van der Waals surface area contributed by atoms with E-state index >= 15 is 0 Å². The van der Waals surface area contributed by atoms with E-state index in [1.807, 2.05) is 11.4 Å². The highest BCUT2D eigenvalue weighted by Crippen LogP contribution is 2.18. The van der Waals surface area contributed by atoms with Crippen LogP contribution in [0.1, 0.15) is 22.5 Å². The van der Waals surface area contributed by atoms with Crippen molar-refractivity contribution in [2.24, 2.45) is 5.92 Å². The molecule has 1 saturated heterocycles. The number of hydrogen-bond acceptors (Lipinski definition) is 4. The molecule has 2 rings (SSSR count). The second-order valence-electron chi connectivity index (χ2n) is 4.63. The fourth-order valence-corrected chi connectivity index (χ4v) is 3.10. The maximum Gasteiger partial charge on any atom is 0.261 e. The molecule has 0 aliphatic carbocycles. The number of thiol groups is 1. The minimum absolute atomic E-state index is 0.0363. The van der Waals surface area contributed by atoms with Crippen molar-refractivity contribution in [1.29, 1.82) is 0 Å². The van der Waals surface area contributed by atoms with Crippen LogP contribution < -0.4 is 5.32 Å². The summed E-state index contributed by atoms with van der Waals surface area (Å²) >= 11 is 5.65. The molecule has 1 aliphatic rings. The van der Waals surface area contributed by atoms with Crippen molar-refractivity contribution in [3.8, 4) is 0 Å². The van der Waals surface area contributed by atoms with E-state index in [0.717, 1.165) is 29.4 Å². The summed E-state index contributed by atoms with van der Waals surface area (Å²) in [5.41, 5.74) is 0. The first kappa shape index (κ1) is 12.9. The average Bonchev–Trinajstić information content (AvgIpc) is 2.75. The van der Waals surface area contributed by atoms with E-state index in [1.165, 1.54) is 24.2 Å². The van der Waals surface area contributed by atoms with E-state index < -0.39 is 0 Å². The van der Waals surface area contributed by atoms with Crippen molar-refractivity contribution in [2.45, 2.75) is 17.7 Å². The van der Waals surface area contributed by atoms with Gasteiger partial charge in [0, 0.05) is 16.8 Å². The number of thiophene rings is 1. The van der Waals surface area contributed by atoms with Crippen LogP contribution >= 0.6 is 24.0 Å². The minimum Gasteiger partial charge on any atom is -0.351 e. The lowest BCUT2D eigenvalue weighted by atomic mass is 9.97. The van der Waals surface area contributed by atoms with Crippen LogP contribution in [0.3, 0.4) is 0 Å². The molecule has 1 N–H and O–H groups in total. The molecule has 94 valence electrons. The highest BCUT2D eigenvalue weighted by Gasteiger charge is 2.17. The number of carbonyl (C=O) groups is 1. The van der Waals surface area contributed by atoms with Crippen molar-refractivity contribution in [3.63, 3.8) is 0 Å². The van der Waals surface area contributed by atoms with Crippen molar-refractivity contribution >= 4 is 29.9 Å². The molecule has 1 aromatic heterocycles. The maximum absolute atomic E-state index is 11.8. The first-order chi connectivity index (χ1) is 8.15. The van der Waals surface area contributed by atoms with Gasteiger partial charge < -0.3 is 10.2 Å². The highest BCUT2D eigenvalue weighted by molar-refractivity contribution is 7.80. The Kier molecular flexibility index (Phi) is 4.48. The zero-order valence-electron chi connectivity index (χ0n) is 9.98. The molecule has 1 aliphatic heterocycles. The van der Waals surface area contributed by atoms with Crippen molar-refractivity contribution in [2.75, 3.05) is 26.7 Å².